The van der Waals surface area contributed by atoms with Crippen LogP contribution in [-0.2, 0) is 4.79 Å². The maximum atomic E-state index is 11.1. The van der Waals surface area contributed by atoms with Gasteiger partial charge in [-0.3, -0.25) is 14.9 Å². The molecule has 0 bridgehead atoms. The highest BCUT2D eigenvalue weighted by atomic mass is 16.6. The number of nitrogens with zero attached hydrogens (tertiary/aromatic N) is 1. The van der Waals surface area contributed by atoms with Crippen LogP contribution in [0.15, 0.2) is 18.2 Å². The molecule has 0 aromatic heterocycles. The second-order valence-corrected chi connectivity index (χ2v) is 5.04. The van der Waals surface area contributed by atoms with Gasteiger partial charge in [-0.25, -0.2) is 0 Å². The van der Waals surface area contributed by atoms with E-state index in [0.717, 1.165) is 0 Å². The molecule has 0 unspecified atom stereocenters. The van der Waals surface area contributed by atoms with Gasteiger partial charge in [-0.15, -0.1) is 0 Å². The maximum Gasteiger partial charge on any atom is 0.303 e. The molecule has 1 aromatic rings. The van der Waals surface area contributed by atoms with Crippen molar-refractivity contribution in [2.24, 2.45) is 0 Å². The number of carboxylic acid groups (broad SMARTS) is 1. The van der Waals surface area contributed by atoms with E-state index in [1.54, 1.807) is 26.0 Å². The smallest absolute Gasteiger partial charge is 0.303 e. The van der Waals surface area contributed by atoms with Crippen LogP contribution >= 0.6 is 0 Å². The zero-order valence-corrected chi connectivity index (χ0v) is 11.7. The molecule has 2 N–H and O–H groups in total. The largest absolute Gasteiger partial charge is 0.496 e. The number of benzene rings is 1. The number of hydrogen-bond acceptors (Lipinski definition) is 5. The topological polar surface area (TPSA) is 102 Å². The summed E-state index contributed by atoms with van der Waals surface area (Å²) < 4.78 is 4.96. The molecule has 0 aliphatic carbocycles. The summed E-state index contributed by atoms with van der Waals surface area (Å²) in [6.07, 6.45) is 0.343. The van der Waals surface area contributed by atoms with Crippen LogP contribution < -0.4 is 10.1 Å². The molecule has 7 heteroatoms. The van der Waals surface area contributed by atoms with Crippen molar-refractivity contribution >= 4 is 17.3 Å². The molecule has 0 saturated carbocycles. The molecule has 0 amide bonds. The minimum Gasteiger partial charge on any atom is -0.496 e. The average Bonchev–Trinajstić information content (AvgIpc) is 2.36. The van der Waals surface area contributed by atoms with Crippen molar-refractivity contribution in [3.8, 4) is 5.75 Å². The molecular formula is C13H18N2O5. The summed E-state index contributed by atoms with van der Waals surface area (Å²) in [6.45, 7) is 3.59. The Morgan fingerprint density at radius 3 is 2.65 bits per heavy atom. The van der Waals surface area contributed by atoms with E-state index >= 15 is 0 Å². The highest BCUT2D eigenvalue weighted by molar-refractivity contribution is 5.67. The van der Waals surface area contributed by atoms with Gasteiger partial charge in [0.2, 0.25) is 0 Å². The molecule has 7 nitrogen and oxygen atoms in total. The van der Waals surface area contributed by atoms with Crippen LogP contribution in [0.1, 0.15) is 26.7 Å². The quantitative estimate of drug-likeness (QED) is 0.589. The van der Waals surface area contributed by atoms with Crippen molar-refractivity contribution in [3.05, 3.63) is 28.3 Å². The third kappa shape index (κ3) is 4.42. The van der Waals surface area contributed by atoms with Crippen LogP contribution in [0.4, 0.5) is 11.4 Å². The summed E-state index contributed by atoms with van der Waals surface area (Å²) in [6, 6.07) is 4.50. The first-order valence-corrected chi connectivity index (χ1v) is 6.07. The number of nitro groups is 1. The molecular weight excluding hydrogens is 264 g/mol. The summed E-state index contributed by atoms with van der Waals surface area (Å²) in [5, 5.41) is 22.8. The van der Waals surface area contributed by atoms with E-state index in [-0.39, 0.29) is 12.1 Å². The van der Waals surface area contributed by atoms with E-state index in [0.29, 0.717) is 17.9 Å². The van der Waals surface area contributed by atoms with E-state index < -0.39 is 16.4 Å². The maximum absolute atomic E-state index is 11.1. The predicted octanol–water partition coefficient (Wildman–Crippen LogP) is 2.66. The third-order valence-corrected chi connectivity index (χ3v) is 2.84. The molecule has 0 heterocycles. The number of ether oxygens (including phenoxy) is 1. The summed E-state index contributed by atoms with van der Waals surface area (Å²) in [5.41, 5.74) is -0.337. The molecule has 0 saturated heterocycles. The highest BCUT2D eigenvalue weighted by Crippen LogP contribution is 2.31. The van der Waals surface area contributed by atoms with E-state index in [9.17, 15) is 14.9 Å². The summed E-state index contributed by atoms with van der Waals surface area (Å²) in [7, 11) is 1.43. The Labute approximate surface area is 116 Å². The minimum absolute atomic E-state index is 0.00997. The summed E-state index contributed by atoms with van der Waals surface area (Å²) in [5.74, 6) is -0.505. The SMILES string of the molecule is COc1ccc(NC(C)(C)CCC(=O)O)c([N+](=O)[O-])c1. The van der Waals surface area contributed by atoms with Crippen LogP contribution in [0.3, 0.4) is 0 Å². The second-order valence-electron chi connectivity index (χ2n) is 5.04. The molecule has 110 valence electrons. The Morgan fingerprint density at radius 2 is 2.15 bits per heavy atom. The zero-order chi connectivity index (χ0) is 15.3. The number of aliphatic carboxylic acids is 1. The first-order chi connectivity index (χ1) is 9.25. The molecule has 1 aromatic carbocycles. The molecule has 0 aliphatic heterocycles. The fourth-order valence-electron chi connectivity index (χ4n) is 1.74. The van der Waals surface area contributed by atoms with Gasteiger partial charge in [0.25, 0.3) is 5.69 Å². The lowest BCUT2D eigenvalue weighted by molar-refractivity contribution is -0.384. The van der Waals surface area contributed by atoms with E-state index in [1.807, 2.05) is 0 Å². The highest BCUT2D eigenvalue weighted by Gasteiger charge is 2.23. The van der Waals surface area contributed by atoms with Gasteiger partial charge in [-0.2, -0.15) is 0 Å². The first kappa shape index (κ1) is 15.7. The van der Waals surface area contributed by atoms with Gasteiger partial charge >= 0.3 is 5.97 Å². The Hall–Kier alpha value is -2.31. The lowest BCUT2D eigenvalue weighted by atomic mass is 9.97. The standard InChI is InChI=1S/C13H18N2O5/c1-13(2,7-6-12(16)17)14-10-5-4-9(20-3)8-11(10)15(18)19/h4-5,8,14H,6-7H2,1-3H3,(H,16,17). The third-order valence-electron chi connectivity index (χ3n) is 2.84. The number of rotatable bonds is 7. The molecule has 0 fully saturated rings. The molecule has 0 spiro atoms. The van der Waals surface area contributed by atoms with Gasteiger partial charge in [0.1, 0.15) is 11.4 Å². The monoisotopic (exact) mass is 282 g/mol. The molecule has 20 heavy (non-hydrogen) atoms. The van der Waals surface area contributed by atoms with E-state index in [2.05, 4.69) is 5.32 Å². The molecule has 0 radical (unpaired) electrons. The van der Waals surface area contributed by atoms with Gasteiger partial charge in [-0.1, -0.05) is 0 Å². The van der Waals surface area contributed by atoms with Gasteiger partial charge in [0.05, 0.1) is 18.1 Å². The van der Waals surface area contributed by atoms with Crippen LogP contribution in [0.5, 0.6) is 5.75 Å². The van der Waals surface area contributed by atoms with Gasteiger partial charge < -0.3 is 15.2 Å². The normalized spacial score (nSPS) is 10.9. The van der Waals surface area contributed by atoms with Crippen LogP contribution in [0, 0.1) is 10.1 Å². The molecule has 1 rings (SSSR count). The van der Waals surface area contributed by atoms with Crippen molar-refractivity contribution in [1.29, 1.82) is 0 Å². The van der Waals surface area contributed by atoms with Crippen molar-refractivity contribution in [1.82, 2.24) is 0 Å². The fraction of sp³-hybridized carbons (Fsp3) is 0.462. The number of hydrogen-bond donors (Lipinski definition) is 2. The Morgan fingerprint density at radius 1 is 1.50 bits per heavy atom. The molecule has 0 atom stereocenters. The summed E-state index contributed by atoms with van der Waals surface area (Å²) >= 11 is 0. The van der Waals surface area contributed by atoms with Crippen molar-refractivity contribution in [3.63, 3.8) is 0 Å². The predicted molar refractivity (Wildman–Crippen MR) is 74.2 cm³/mol. The fourth-order valence-corrected chi connectivity index (χ4v) is 1.74. The summed E-state index contributed by atoms with van der Waals surface area (Å²) in [4.78, 5) is 21.2. The lowest BCUT2D eigenvalue weighted by Crippen LogP contribution is -2.31. The Kier molecular flexibility index (Phi) is 4.90. The number of methoxy groups -OCH3 is 1. The Balaban J connectivity index is 2.96. The van der Waals surface area contributed by atoms with Crippen LogP contribution in [-0.4, -0.2) is 28.6 Å². The second kappa shape index (κ2) is 6.23. The van der Waals surface area contributed by atoms with E-state index in [1.165, 1.54) is 13.2 Å². The Bertz CT molecular complexity index is 513. The zero-order valence-electron chi connectivity index (χ0n) is 11.7. The van der Waals surface area contributed by atoms with Crippen LogP contribution in [0.25, 0.3) is 0 Å². The van der Waals surface area contributed by atoms with Crippen molar-refractivity contribution < 1.29 is 19.6 Å². The first-order valence-electron chi connectivity index (χ1n) is 6.07. The lowest BCUT2D eigenvalue weighted by Gasteiger charge is -2.26. The van der Waals surface area contributed by atoms with Crippen molar-refractivity contribution in [2.75, 3.05) is 12.4 Å². The number of nitrogens with one attached hydrogen (secondary N) is 1. The number of anilines is 1. The molecule has 0 aliphatic rings. The van der Waals surface area contributed by atoms with E-state index in [4.69, 9.17) is 9.84 Å². The number of carboxylic acids is 1. The number of nitro benzene ring substituents is 1. The van der Waals surface area contributed by atoms with Crippen LogP contribution in [0.2, 0.25) is 0 Å². The van der Waals surface area contributed by atoms with Gasteiger partial charge in [0, 0.05) is 12.0 Å². The van der Waals surface area contributed by atoms with Gasteiger partial charge in [0.15, 0.2) is 0 Å². The van der Waals surface area contributed by atoms with Gasteiger partial charge in [-0.05, 0) is 32.4 Å². The van der Waals surface area contributed by atoms with Crippen molar-refractivity contribution in [2.45, 2.75) is 32.2 Å². The minimum atomic E-state index is -0.899. The number of carbonyl (C=O) groups is 1. The average molecular weight is 282 g/mol.